The van der Waals surface area contributed by atoms with Crippen LogP contribution in [0.4, 0.5) is 0 Å². The van der Waals surface area contributed by atoms with Crippen molar-refractivity contribution in [2.45, 2.75) is 25.9 Å². The summed E-state index contributed by atoms with van der Waals surface area (Å²) in [5.41, 5.74) is 0. The van der Waals surface area contributed by atoms with E-state index in [1.54, 1.807) is 11.3 Å². The molecule has 5 heteroatoms. The van der Waals surface area contributed by atoms with E-state index in [0.717, 1.165) is 32.8 Å². The zero-order valence-electron chi connectivity index (χ0n) is 10.8. The summed E-state index contributed by atoms with van der Waals surface area (Å²) >= 11 is 5.37. The fraction of sp³-hybridized carbons (Fsp3) is 0.692. The van der Waals surface area contributed by atoms with E-state index in [9.17, 15) is 0 Å². The SMILES string of the molecule is C[C@H](CCN1CCOCC1)NCc1sccc1Br. The Balaban J connectivity index is 1.62. The molecule has 0 aliphatic carbocycles. The van der Waals surface area contributed by atoms with Crippen LogP contribution < -0.4 is 5.32 Å². The number of ether oxygens (including phenoxy) is 1. The lowest BCUT2D eigenvalue weighted by Crippen LogP contribution is -2.39. The molecule has 0 unspecified atom stereocenters. The molecule has 0 spiro atoms. The van der Waals surface area contributed by atoms with Gasteiger partial charge in [0, 0.05) is 35.0 Å². The van der Waals surface area contributed by atoms with Crippen molar-refractivity contribution in [2.24, 2.45) is 0 Å². The standard InChI is InChI=1S/C13H21BrN2OS/c1-11(2-4-16-5-7-17-8-6-16)15-10-13-12(14)3-9-18-13/h3,9,11,15H,2,4-8,10H2,1H3/t11-/m1/s1. The molecule has 0 amide bonds. The van der Waals surface area contributed by atoms with E-state index in [-0.39, 0.29) is 0 Å². The number of morpholine rings is 1. The summed E-state index contributed by atoms with van der Waals surface area (Å²) in [5.74, 6) is 0. The van der Waals surface area contributed by atoms with Crippen LogP contribution in [0.3, 0.4) is 0 Å². The van der Waals surface area contributed by atoms with Gasteiger partial charge in [-0.1, -0.05) is 0 Å². The van der Waals surface area contributed by atoms with Gasteiger partial charge in [-0.25, -0.2) is 0 Å². The van der Waals surface area contributed by atoms with E-state index < -0.39 is 0 Å². The fourth-order valence-electron chi connectivity index (χ4n) is 2.02. The molecular weight excluding hydrogens is 312 g/mol. The molecule has 1 N–H and O–H groups in total. The van der Waals surface area contributed by atoms with Gasteiger partial charge in [-0.15, -0.1) is 11.3 Å². The van der Waals surface area contributed by atoms with Gasteiger partial charge in [0.05, 0.1) is 13.2 Å². The highest BCUT2D eigenvalue weighted by atomic mass is 79.9. The predicted molar refractivity (Wildman–Crippen MR) is 80.2 cm³/mol. The highest BCUT2D eigenvalue weighted by Gasteiger charge is 2.11. The Bertz CT molecular complexity index is 353. The second-order valence-electron chi connectivity index (χ2n) is 4.72. The molecular formula is C13H21BrN2OS. The Kier molecular flexibility index (Phi) is 6.11. The third-order valence-corrected chi connectivity index (χ3v) is 5.21. The largest absolute Gasteiger partial charge is 0.379 e. The Morgan fingerprint density at radius 1 is 1.50 bits per heavy atom. The zero-order valence-corrected chi connectivity index (χ0v) is 13.2. The molecule has 0 aromatic carbocycles. The topological polar surface area (TPSA) is 24.5 Å². The monoisotopic (exact) mass is 332 g/mol. The number of rotatable bonds is 6. The molecule has 1 atom stereocenters. The van der Waals surface area contributed by atoms with E-state index in [4.69, 9.17) is 4.74 Å². The number of thiophene rings is 1. The third kappa shape index (κ3) is 4.63. The van der Waals surface area contributed by atoms with Crippen LogP contribution in [-0.2, 0) is 11.3 Å². The van der Waals surface area contributed by atoms with Crippen LogP contribution in [0.15, 0.2) is 15.9 Å². The van der Waals surface area contributed by atoms with Crippen molar-refractivity contribution in [1.29, 1.82) is 0 Å². The van der Waals surface area contributed by atoms with Gasteiger partial charge in [0.15, 0.2) is 0 Å². The first-order valence-electron chi connectivity index (χ1n) is 6.51. The molecule has 2 rings (SSSR count). The smallest absolute Gasteiger partial charge is 0.0594 e. The van der Waals surface area contributed by atoms with Crippen molar-refractivity contribution in [2.75, 3.05) is 32.8 Å². The van der Waals surface area contributed by atoms with Gasteiger partial charge in [0.2, 0.25) is 0 Å². The highest BCUT2D eigenvalue weighted by molar-refractivity contribution is 9.10. The maximum absolute atomic E-state index is 5.36. The van der Waals surface area contributed by atoms with E-state index >= 15 is 0 Å². The van der Waals surface area contributed by atoms with Crippen molar-refractivity contribution >= 4 is 27.3 Å². The van der Waals surface area contributed by atoms with E-state index in [2.05, 4.69) is 44.5 Å². The lowest BCUT2D eigenvalue weighted by molar-refractivity contribution is 0.0364. The van der Waals surface area contributed by atoms with Crippen LogP contribution >= 0.6 is 27.3 Å². The summed E-state index contributed by atoms with van der Waals surface area (Å²) in [6.45, 7) is 8.36. The number of hydrogen-bond donors (Lipinski definition) is 1. The van der Waals surface area contributed by atoms with Crippen LogP contribution in [0.1, 0.15) is 18.2 Å². The van der Waals surface area contributed by atoms with Crippen molar-refractivity contribution in [3.05, 3.63) is 20.8 Å². The second-order valence-corrected chi connectivity index (χ2v) is 6.57. The Morgan fingerprint density at radius 3 is 2.94 bits per heavy atom. The molecule has 18 heavy (non-hydrogen) atoms. The molecule has 0 radical (unpaired) electrons. The molecule has 2 heterocycles. The summed E-state index contributed by atoms with van der Waals surface area (Å²) in [6, 6.07) is 2.67. The quantitative estimate of drug-likeness (QED) is 0.866. The molecule has 1 aromatic heterocycles. The Labute approximate surface area is 122 Å². The third-order valence-electron chi connectivity index (χ3n) is 3.28. The maximum atomic E-state index is 5.36. The van der Waals surface area contributed by atoms with Gasteiger partial charge in [-0.05, 0) is 47.3 Å². The first-order valence-corrected chi connectivity index (χ1v) is 8.18. The number of halogens is 1. The second kappa shape index (κ2) is 7.60. The summed E-state index contributed by atoms with van der Waals surface area (Å²) in [4.78, 5) is 3.87. The summed E-state index contributed by atoms with van der Waals surface area (Å²) in [6.07, 6.45) is 1.20. The first-order chi connectivity index (χ1) is 8.75. The molecule has 0 saturated carbocycles. The minimum absolute atomic E-state index is 0.557. The zero-order chi connectivity index (χ0) is 12.8. The van der Waals surface area contributed by atoms with E-state index in [1.807, 2.05) is 0 Å². The van der Waals surface area contributed by atoms with Crippen molar-refractivity contribution < 1.29 is 4.74 Å². The number of nitrogens with one attached hydrogen (secondary N) is 1. The van der Waals surface area contributed by atoms with Crippen LogP contribution in [0.25, 0.3) is 0 Å². The fourth-order valence-corrected chi connectivity index (χ4v) is 3.46. The minimum atomic E-state index is 0.557. The van der Waals surface area contributed by atoms with Gasteiger partial charge >= 0.3 is 0 Å². The van der Waals surface area contributed by atoms with Crippen LogP contribution in [0.5, 0.6) is 0 Å². The molecule has 1 saturated heterocycles. The van der Waals surface area contributed by atoms with Crippen molar-refractivity contribution in [3.8, 4) is 0 Å². The molecule has 3 nitrogen and oxygen atoms in total. The van der Waals surface area contributed by atoms with Crippen LogP contribution in [0.2, 0.25) is 0 Å². The van der Waals surface area contributed by atoms with Crippen molar-refractivity contribution in [3.63, 3.8) is 0 Å². The Morgan fingerprint density at radius 2 is 2.28 bits per heavy atom. The van der Waals surface area contributed by atoms with Gasteiger partial charge in [-0.3, -0.25) is 4.90 Å². The van der Waals surface area contributed by atoms with Gasteiger partial charge in [0.25, 0.3) is 0 Å². The molecule has 1 aliphatic heterocycles. The molecule has 1 fully saturated rings. The maximum Gasteiger partial charge on any atom is 0.0594 e. The molecule has 102 valence electrons. The highest BCUT2D eigenvalue weighted by Crippen LogP contribution is 2.22. The van der Waals surface area contributed by atoms with E-state index in [1.165, 1.54) is 22.3 Å². The first kappa shape index (κ1) is 14.5. The molecule has 1 aliphatic rings. The lowest BCUT2D eigenvalue weighted by Gasteiger charge is -2.27. The van der Waals surface area contributed by atoms with E-state index in [0.29, 0.717) is 6.04 Å². The summed E-state index contributed by atoms with van der Waals surface area (Å²) in [7, 11) is 0. The predicted octanol–water partition coefficient (Wildman–Crippen LogP) is 2.71. The normalized spacial score (nSPS) is 19.0. The molecule has 0 bridgehead atoms. The van der Waals surface area contributed by atoms with Crippen molar-refractivity contribution in [1.82, 2.24) is 10.2 Å². The summed E-state index contributed by atoms with van der Waals surface area (Å²) < 4.78 is 6.58. The molecule has 1 aromatic rings. The van der Waals surface area contributed by atoms with Crippen LogP contribution in [0, 0.1) is 0 Å². The minimum Gasteiger partial charge on any atom is -0.379 e. The van der Waals surface area contributed by atoms with Crippen LogP contribution in [-0.4, -0.2) is 43.8 Å². The number of hydrogen-bond acceptors (Lipinski definition) is 4. The average Bonchev–Trinajstić information content (AvgIpc) is 2.81. The van der Waals surface area contributed by atoms with Gasteiger partial charge < -0.3 is 10.1 Å². The average molecular weight is 333 g/mol. The lowest BCUT2D eigenvalue weighted by atomic mass is 10.2. The number of nitrogens with zero attached hydrogens (tertiary/aromatic N) is 1. The van der Waals surface area contributed by atoms with Gasteiger partial charge in [0.1, 0.15) is 0 Å². The Hall–Kier alpha value is 0.0600. The summed E-state index contributed by atoms with van der Waals surface area (Å²) in [5, 5.41) is 5.71. The van der Waals surface area contributed by atoms with Gasteiger partial charge in [-0.2, -0.15) is 0 Å².